The molecule has 1 aliphatic heterocycles. The highest BCUT2D eigenvalue weighted by molar-refractivity contribution is 7.99. The van der Waals surface area contributed by atoms with Crippen molar-refractivity contribution in [3.63, 3.8) is 0 Å². The Bertz CT molecular complexity index is 479. The number of hydrogen-bond donors (Lipinski definition) is 0. The molecule has 2 atom stereocenters. The van der Waals surface area contributed by atoms with Gasteiger partial charge in [-0.15, -0.1) is 11.8 Å². The predicted molar refractivity (Wildman–Crippen MR) is 80.0 cm³/mol. The third kappa shape index (κ3) is 3.03. The second kappa shape index (κ2) is 5.41. The summed E-state index contributed by atoms with van der Waals surface area (Å²) >= 11 is 1.82. The SMILES string of the molecule is C=C1C(=O)OC(C(C)(C)SCc2ccccc2)C1C. The zero-order chi connectivity index (χ0) is 14.0. The summed E-state index contributed by atoms with van der Waals surface area (Å²) < 4.78 is 5.36. The minimum Gasteiger partial charge on any atom is -0.457 e. The van der Waals surface area contributed by atoms with Crippen molar-refractivity contribution >= 4 is 17.7 Å². The zero-order valence-corrected chi connectivity index (χ0v) is 12.5. The molecule has 102 valence electrons. The lowest BCUT2D eigenvalue weighted by molar-refractivity contribution is -0.140. The molecule has 0 aromatic heterocycles. The van der Waals surface area contributed by atoms with Gasteiger partial charge in [-0.1, -0.05) is 43.8 Å². The molecular weight excluding hydrogens is 256 g/mol. The molecule has 0 aliphatic carbocycles. The second-order valence-corrected chi connectivity index (χ2v) is 7.15. The summed E-state index contributed by atoms with van der Waals surface area (Å²) in [5.41, 5.74) is 1.88. The van der Waals surface area contributed by atoms with Gasteiger partial charge in [0.1, 0.15) is 6.10 Å². The third-order valence-corrected chi connectivity index (χ3v) is 5.09. The second-order valence-electron chi connectivity index (χ2n) is 5.52. The maximum absolute atomic E-state index is 11.6. The number of hydrogen-bond acceptors (Lipinski definition) is 3. The van der Waals surface area contributed by atoms with Gasteiger partial charge in [-0.2, -0.15) is 0 Å². The summed E-state index contributed by atoms with van der Waals surface area (Å²) in [5, 5.41) is 0. The van der Waals surface area contributed by atoms with Crippen LogP contribution in [0.2, 0.25) is 0 Å². The predicted octanol–water partition coefficient (Wildman–Crippen LogP) is 3.82. The topological polar surface area (TPSA) is 26.3 Å². The highest BCUT2D eigenvalue weighted by Gasteiger charge is 2.44. The van der Waals surface area contributed by atoms with Crippen molar-refractivity contribution in [2.45, 2.75) is 37.4 Å². The number of rotatable bonds is 4. The number of ether oxygens (including phenoxy) is 1. The summed E-state index contributed by atoms with van der Waals surface area (Å²) in [6, 6.07) is 10.3. The lowest BCUT2D eigenvalue weighted by atomic mass is 9.91. The Morgan fingerprint density at radius 1 is 1.32 bits per heavy atom. The van der Waals surface area contributed by atoms with Gasteiger partial charge in [0, 0.05) is 22.0 Å². The normalized spacial score (nSPS) is 23.5. The molecule has 1 aromatic rings. The molecule has 1 heterocycles. The van der Waals surface area contributed by atoms with E-state index in [2.05, 4.69) is 32.6 Å². The van der Waals surface area contributed by atoms with Gasteiger partial charge in [0.15, 0.2) is 0 Å². The highest BCUT2D eigenvalue weighted by atomic mass is 32.2. The molecule has 0 saturated carbocycles. The van der Waals surface area contributed by atoms with Crippen LogP contribution < -0.4 is 0 Å². The Kier molecular flexibility index (Phi) is 4.04. The van der Waals surface area contributed by atoms with E-state index < -0.39 is 0 Å². The van der Waals surface area contributed by atoms with Gasteiger partial charge >= 0.3 is 5.97 Å². The monoisotopic (exact) mass is 276 g/mol. The smallest absolute Gasteiger partial charge is 0.334 e. The van der Waals surface area contributed by atoms with Crippen molar-refractivity contribution in [3.05, 3.63) is 48.0 Å². The summed E-state index contributed by atoms with van der Waals surface area (Å²) in [4.78, 5) is 11.6. The van der Waals surface area contributed by atoms with Gasteiger partial charge in [-0.05, 0) is 19.4 Å². The Hall–Kier alpha value is -1.22. The van der Waals surface area contributed by atoms with E-state index in [1.54, 1.807) is 0 Å². The summed E-state index contributed by atoms with van der Waals surface area (Å²) in [5.74, 6) is 0.762. The van der Waals surface area contributed by atoms with Crippen LogP contribution in [0.4, 0.5) is 0 Å². The molecule has 2 unspecified atom stereocenters. The van der Waals surface area contributed by atoms with Crippen LogP contribution in [0, 0.1) is 5.92 Å². The van der Waals surface area contributed by atoms with Crippen LogP contribution in [-0.2, 0) is 15.3 Å². The first-order chi connectivity index (χ1) is 8.92. The minimum absolute atomic E-state index is 0.0887. The molecule has 19 heavy (non-hydrogen) atoms. The molecule has 0 bridgehead atoms. The van der Waals surface area contributed by atoms with Crippen molar-refractivity contribution in [2.75, 3.05) is 0 Å². The maximum Gasteiger partial charge on any atom is 0.334 e. The molecule has 0 spiro atoms. The molecule has 1 aromatic carbocycles. The molecule has 0 N–H and O–H groups in total. The van der Waals surface area contributed by atoms with Gasteiger partial charge in [-0.25, -0.2) is 4.79 Å². The standard InChI is InChI=1S/C16H20O2S/c1-11-12(2)15(17)18-14(11)16(3,4)19-10-13-8-6-5-7-9-13/h5-9,11,14H,2,10H2,1,3-4H3. The molecule has 1 aliphatic rings. The van der Waals surface area contributed by atoms with Gasteiger partial charge in [0.05, 0.1) is 0 Å². The highest BCUT2D eigenvalue weighted by Crippen LogP contribution is 2.41. The summed E-state index contributed by atoms with van der Waals surface area (Å²) in [7, 11) is 0. The van der Waals surface area contributed by atoms with E-state index in [1.807, 2.05) is 36.9 Å². The average Bonchev–Trinajstić information content (AvgIpc) is 2.66. The molecule has 0 amide bonds. The average molecular weight is 276 g/mol. The van der Waals surface area contributed by atoms with Gasteiger partial charge < -0.3 is 4.74 Å². The molecule has 0 radical (unpaired) electrons. The van der Waals surface area contributed by atoms with Crippen LogP contribution in [-0.4, -0.2) is 16.8 Å². The number of benzene rings is 1. The molecule has 3 heteroatoms. The fraction of sp³-hybridized carbons (Fsp3) is 0.438. The first-order valence-electron chi connectivity index (χ1n) is 6.49. The van der Waals surface area contributed by atoms with Crippen molar-refractivity contribution in [2.24, 2.45) is 5.92 Å². The largest absolute Gasteiger partial charge is 0.457 e. The Morgan fingerprint density at radius 3 is 2.47 bits per heavy atom. The molecule has 1 fully saturated rings. The number of esters is 1. The van der Waals surface area contributed by atoms with Gasteiger partial charge in [0.2, 0.25) is 0 Å². The third-order valence-electron chi connectivity index (χ3n) is 3.64. The van der Waals surface area contributed by atoms with Crippen LogP contribution in [0.5, 0.6) is 0 Å². The van der Waals surface area contributed by atoms with Crippen molar-refractivity contribution in [1.82, 2.24) is 0 Å². The van der Waals surface area contributed by atoms with Crippen LogP contribution >= 0.6 is 11.8 Å². The summed E-state index contributed by atoms with van der Waals surface area (Å²) in [6.07, 6.45) is -0.0961. The lowest BCUT2D eigenvalue weighted by Crippen LogP contribution is -2.36. The van der Waals surface area contributed by atoms with Gasteiger partial charge in [0.25, 0.3) is 0 Å². The van der Waals surface area contributed by atoms with E-state index in [0.29, 0.717) is 5.57 Å². The quantitative estimate of drug-likeness (QED) is 0.618. The van der Waals surface area contributed by atoms with E-state index in [1.165, 1.54) is 5.56 Å². The fourth-order valence-corrected chi connectivity index (χ4v) is 3.48. The maximum atomic E-state index is 11.6. The van der Waals surface area contributed by atoms with Gasteiger partial charge in [-0.3, -0.25) is 0 Å². The Labute approximate surface area is 119 Å². The number of thioether (sulfide) groups is 1. The fourth-order valence-electron chi connectivity index (χ4n) is 2.33. The molecular formula is C16H20O2S. The van der Waals surface area contributed by atoms with E-state index >= 15 is 0 Å². The van der Waals surface area contributed by atoms with Crippen LogP contribution in [0.3, 0.4) is 0 Å². The van der Waals surface area contributed by atoms with Crippen LogP contribution in [0.1, 0.15) is 26.3 Å². The number of carbonyl (C=O) groups excluding carboxylic acids is 1. The number of cyclic esters (lactones) is 1. The summed E-state index contributed by atoms with van der Waals surface area (Å²) in [6.45, 7) is 10.1. The molecule has 2 rings (SSSR count). The molecule has 1 saturated heterocycles. The van der Waals surface area contributed by atoms with Crippen LogP contribution in [0.25, 0.3) is 0 Å². The number of carbonyl (C=O) groups is 1. The van der Waals surface area contributed by atoms with E-state index in [9.17, 15) is 4.79 Å². The first kappa shape index (κ1) is 14.2. The van der Waals surface area contributed by atoms with E-state index in [4.69, 9.17) is 4.74 Å². The zero-order valence-electron chi connectivity index (χ0n) is 11.7. The lowest BCUT2D eigenvalue weighted by Gasteiger charge is -2.32. The van der Waals surface area contributed by atoms with Crippen LogP contribution in [0.15, 0.2) is 42.5 Å². The van der Waals surface area contributed by atoms with Crippen molar-refractivity contribution in [3.8, 4) is 0 Å². The molecule has 2 nitrogen and oxygen atoms in total. The Morgan fingerprint density at radius 2 is 1.95 bits per heavy atom. The Balaban J connectivity index is 2.03. The van der Waals surface area contributed by atoms with E-state index in [0.717, 1.165) is 5.75 Å². The van der Waals surface area contributed by atoms with Crippen molar-refractivity contribution < 1.29 is 9.53 Å². The van der Waals surface area contributed by atoms with E-state index in [-0.39, 0.29) is 22.7 Å². The van der Waals surface area contributed by atoms with Crippen molar-refractivity contribution in [1.29, 1.82) is 0 Å². The minimum atomic E-state index is -0.245. The first-order valence-corrected chi connectivity index (χ1v) is 7.48.